The smallest absolute Gasteiger partial charge is 0.270 e. The van der Waals surface area contributed by atoms with E-state index in [0.717, 1.165) is 23.5 Å². The first-order valence-corrected chi connectivity index (χ1v) is 7.90. The van der Waals surface area contributed by atoms with Crippen molar-refractivity contribution in [3.63, 3.8) is 0 Å². The molecule has 5 heteroatoms. The Morgan fingerprint density at radius 3 is 2.67 bits per heavy atom. The van der Waals surface area contributed by atoms with Crippen LogP contribution in [-0.2, 0) is 0 Å². The first kappa shape index (κ1) is 15.7. The first-order valence-electron chi connectivity index (χ1n) is 7.02. The van der Waals surface area contributed by atoms with Crippen molar-refractivity contribution >= 4 is 17.2 Å². The van der Waals surface area contributed by atoms with E-state index in [1.54, 1.807) is 0 Å². The number of nitrogens with zero attached hydrogens (tertiary/aromatic N) is 2. The van der Waals surface area contributed by atoms with Crippen molar-refractivity contribution < 1.29 is 4.79 Å². The molecule has 0 aliphatic heterocycles. The number of amides is 1. The molecule has 0 spiro atoms. The molecule has 21 heavy (non-hydrogen) atoms. The van der Waals surface area contributed by atoms with E-state index >= 15 is 0 Å². The van der Waals surface area contributed by atoms with Crippen LogP contribution >= 0.6 is 11.3 Å². The van der Waals surface area contributed by atoms with Crippen LogP contribution in [0.1, 0.15) is 22.5 Å². The monoisotopic (exact) mass is 303 g/mol. The van der Waals surface area contributed by atoms with Crippen LogP contribution in [0.3, 0.4) is 0 Å². The number of thiazole rings is 1. The summed E-state index contributed by atoms with van der Waals surface area (Å²) >= 11 is 1.50. The quantitative estimate of drug-likeness (QED) is 0.835. The highest BCUT2D eigenvalue weighted by Gasteiger charge is 2.11. The minimum Gasteiger partial charge on any atom is -0.351 e. The lowest BCUT2D eigenvalue weighted by molar-refractivity contribution is 0.0948. The minimum atomic E-state index is -0.0941. The predicted molar refractivity (Wildman–Crippen MR) is 87.8 cm³/mol. The van der Waals surface area contributed by atoms with Crippen LogP contribution in [0.5, 0.6) is 0 Å². The Bertz CT molecular complexity index is 590. The third-order valence-corrected chi connectivity index (χ3v) is 3.99. The second-order valence-corrected chi connectivity index (χ2v) is 6.17. The number of rotatable bonds is 6. The van der Waals surface area contributed by atoms with Crippen LogP contribution in [0.4, 0.5) is 0 Å². The van der Waals surface area contributed by atoms with Crippen LogP contribution in [0.25, 0.3) is 10.6 Å². The second-order valence-electron chi connectivity index (χ2n) is 5.32. The summed E-state index contributed by atoms with van der Waals surface area (Å²) in [5.41, 5.74) is 2.77. The van der Waals surface area contributed by atoms with Gasteiger partial charge < -0.3 is 10.2 Å². The molecular weight excluding hydrogens is 282 g/mol. The number of carbonyl (C=O) groups excluding carboxylic acids is 1. The van der Waals surface area contributed by atoms with E-state index in [4.69, 9.17) is 0 Å². The summed E-state index contributed by atoms with van der Waals surface area (Å²) in [4.78, 5) is 18.5. The fourth-order valence-corrected chi connectivity index (χ4v) is 2.70. The van der Waals surface area contributed by atoms with Crippen molar-refractivity contribution in [2.24, 2.45) is 0 Å². The third kappa shape index (κ3) is 4.65. The fraction of sp³-hybridized carbons (Fsp3) is 0.375. The van der Waals surface area contributed by atoms with Gasteiger partial charge in [-0.15, -0.1) is 11.3 Å². The summed E-state index contributed by atoms with van der Waals surface area (Å²) in [7, 11) is 4.05. The number of aryl methyl sites for hydroxylation is 1. The van der Waals surface area contributed by atoms with Gasteiger partial charge in [-0.3, -0.25) is 4.79 Å². The summed E-state index contributed by atoms with van der Waals surface area (Å²) in [6.07, 6.45) is 0.938. The number of aromatic nitrogens is 1. The highest BCUT2D eigenvalue weighted by atomic mass is 32.1. The van der Waals surface area contributed by atoms with Crippen molar-refractivity contribution in [3.05, 3.63) is 40.9 Å². The van der Waals surface area contributed by atoms with Gasteiger partial charge in [0, 0.05) is 17.5 Å². The molecule has 0 saturated carbocycles. The molecule has 1 N–H and O–H groups in total. The Morgan fingerprint density at radius 1 is 1.29 bits per heavy atom. The van der Waals surface area contributed by atoms with Gasteiger partial charge in [-0.2, -0.15) is 0 Å². The van der Waals surface area contributed by atoms with Crippen LogP contribution in [-0.4, -0.2) is 43.0 Å². The van der Waals surface area contributed by atoms with Gasteiger partial charge in [0.2, 0.25) is 0 Å². The molecule has 1 aromatic heterocycles. The van der Waals surface area contributed by atoms with Gasteiger partial charge in [-0.25, -0.2) is 4.98 Å². The summed E-state index contributed by atoms with van der Waals surface area (Å²) in [6.45, 7) is 3.69. The van der Waals surface area contributed by atoms with Gasteiger partial charge in [0.25, 0.3) is 5.91 Å². The van der Waals surface area contributed by atoms with E-state index in [0.29, 0.717) is 12.2 Å². The zero-order valence-electron chi connectivity index (χ0n) is 12.7. The Hall–Kier alpha value is -1.72. The molecule has 0 bridgehead atoms. The van der Waals surface area contributed by atoms with Crippen molar-refractivity contribution in [2.45, 2.75) is 13.3 Å². The molecule has 1 amide bonds. The lowest BCUT2D eigenvalue weighted by Crippen LogP contribution is -2.27. The zero-order chi connectivity index (χ0) is 15.2. The Morgan fingerprint density at radius 2 is 2.00 bits per heavy atom. The molecule has 0 radical (unpaired) electrons. The lowest BCUT2D eigenvalue weighted by atomic mass is 10.2. The normalized spacial score (nSPS) is 10.9. The van der Waals surface area contributed by atoms with Crippen LogP contribution < -0.4 is 5.32 Å². The molecule has 1 heterocycles. The number of hydrogen-bond acceptors (Lipinski definition) is 4. The maximum Gasteiger partial charge on any atom is 0.270 e. The highest BCUT2D eigenvalue weighted by Crippen LogP contribution is 2.23. The molecule has 2 rings (SSSR count). The number of hydrogen-bond donors (Lipinski definition) is 1. The van der Waals surface area contributed by atoms with E-state index in [2.05, 4.69) is 34.3 Å². The summed E-state index contributed by atoms with van der Waals surface area (Å²) in [6, 6.07) is 8.18. The fourth-order valence-electron chi connectivity index (χ4n) is 1.89. The Labute approximate surface area is 129 Å². The highest BCUT2D eigenvalue weighted by molar-refractivity contribution is 7.13. The average Bonchev–Trinajstić information content (AvgIpc) is 2.94. The van der Waals surface area contributed by atoms with Gasteiger partial charge in [0.1, 0.15) is 10.7 Å². The molecule has 0 unspecified atom stereocenters. The third-order valence-electron chi connectivity index (χ3n) is 3.10. The average molecular weight is 303 g/mol. The largest absolute Gasteiger partial charge is 0.351 e. The number of nitrogens with one attached hydrogen (secondary N) is 1. The topological polar surface area (TPSA) is 45.2 Å². The Balaban J connectivity index is 1.93. The van der Waals surface area contributed by atoms with Crippen molar-refractivity contribution in [1.29, 1.82) is 0 Å². The minimum absolute atomic E-state index is 0.0941. The molecule has 0 fully saturated rings. The molecule has 112 valence electrons. The van der Waals surface area contributed by atoms with Crippen molar-refractivity contribution in [1.82, 2.24) is 15.2 Å². The molecule has 4 nitrogen and oxygen atoms in total. The zero-order valence-corrected chi connectivity index (χ0v) is 13.5. The molecule has 1 aromatic carbocycles. The molecular formula is C16H21N3OS. The first-order chi connectivity index (χ1) is 10.1. The summed E-state index contributed by atoms with van der Waals surface area (Å²) in [5, 5.41) is 5.61. The van der Waals surface area contributed by atoms with Crippen LogP contribution in [0.15, 0.2) is 29.6 Å². The van der Waals surface area contributed by atoms with Crippen LogP contribution in [0.2, 0.25) is 0 Å². The summed E-state index contributed by atoms with van der Waals surface area (Å²) in [5.74, 6) is -0.0941. The van der Waals surface area contributed by atoms with Gasteiger partial charge in [0.15, 0.2) is 0 Å². The molecule has 0 atom stereocenters. The van der Waals surface area contributed by atoms with Gasteiger partial charge in [-0.05, 0) is 34.0 Å². The van der Waals surface area contributed by atoms with Crippen molar-refractivity contribution in [3.8, 4) is 10.6 Å². The predicted octanol–water partition coefficient (Wildman–Crippen LogP) is 2.80. The maximum atomic E-state index is 12.0. The van der Waals surface area contributed by atoms with Gasteiger partial charge in [0.05, 0.1) is 0 Å². The van der Waals surface area contributed by atoms with E-state index in [-0.39, 0.29) is 5.91 Å². The summed E-state index contributed by atoms with van der Waals surface area (Å²) < 4.78 is 0. The lowest BCUT2D eigenvalue weighted by Gasteiger charge is -2.09. The Kier molecular flexibility index (Phi) is 5.47. The van der Waals surface area contributed by atoms with E-state index in [1.807, 2.05) is 31.6 Å². The van der Waals surface area contributed by atoms with E-state index in [9.17, 15) is 4.79 Å². The SMILES string of the molecule is Cc1ccc(-c2nc(C(=O)NCCCN(C)C)cs2)cc1. The maximum absolute atomic E-state index is 12.0. The number of benzene rings is 1. The number of carbonyl (C=O) groups is 1. The molecule has 0 aliphatic rings. The van der Waals surface area contributed by atoms with Crippen LogP contribution in [0, 0.1) is 6.92 Å². The van der Waals surface area contributed by atoms with E-state index in [1.165, 1.54) is 16.9 Å². The van der Waals surface area contributed by atoms with E-state index < -0.39 is 0 Å². The molecule has 0 saturated heterocycles. The standard InChI is InChI=1S/C16H21N3OS/c1-12-5-7-13(8-6-12)16-18-14(11-21-16)15(20)17-9-4-10-19(2)3/h5-8,11H,4,9-10H2,1-3H3,(H,17,20). The van der Waals surface area contributed by atoms with Crippen molar-refractivity contribution in [2.75, 3.05) is 27.2 Å². The second kappa shape index (κ2) is 7.33. The molecule has 2 aromatic rings. The van der Waals surface area contributed by atoms with Gasteiger partial charge >= 0.3 is 0 Å². The molecule has 0 aliphatic carbocycles. The van der Waals surface area contributed by atoms with Gasteiger partial charge in [-0.1, -0.05) is 29.8 Å².